The molecule has 20 heavy (non-hydrogen) atoms. The third kappa shape index (κ3) is 4.03. The molecule has 0 amide bonds. The van der Waals surface area contributed by atoms with Gasteiger partial charge in [0.05, 0.1) is 5.69 Å². The van der Waals surface area contributed by atoms with Crippen LogP contribution in [0.2, 0.25) is 0 Å². The van der Waals surface area contributed by atoms with Crippen LogP contribution in [0.25, 0.3) is 0 Å². The Morgan fingerprint density at radius 3 is 2.55 bits per heavy atom. The van der Waals surface area contributed by atoms with E-state index in [4.69, 9.17) is 0 Å². The largest absolute Gasteiger partial charge is 0.309 e. The normalized spacial score (nSPS) is 18.4. The van der Waals surface area contributed by atoms with Crippen LogP contribution in [0.5, 0.6) is 0 Å². The molecule has 1 aromatic rings. The van der Waals surface area contributed by atoms with Crippen LogP contribution in [0.4, 0.5) is 0 Å². The molecule has 0 unspecified atom stereocenters. The summed E-state index contributed by atoms with van der Waals surface area (Å²) in [6.45, 7) is 1.84. The zero-order valence-electron chi connectivity index (χ0n) is 12.3. The maximum atomic E-state index is 4.46. The molecular weight excluding hydrogens is 382 g/mol. The predicted molar refractivity (Wildman–Crippen MR) is 90.8 cm³/mol. The van der Waals surface area contributed by atoms with Crippen molar-refractivity contribution in [2.45, 2.75) is 44.2 Å². The minimum atomic E-state index is 0.320. The van der Waals surface area contributed by atoms with Crippen LogP contribution >= 0.6 is 31.9 Å². The summed E-state index contributed by atoms with van der Waals surface area (Å²) in [6, 6.07) is 2.05. The summed E-state index contributed by atoms with van der Waals surface area (Å²) in [6.07, 6.45) is 8.52. The van der Waals surface area contributed by atoms with Crippen LogP contribution < -0.4 is 5.32 Å². The van der Waals surface area contributed by atoms with E-state index in [2.05, 4.69) is 61.2 Å². The number of likely N-dealkylation sites (N-methyl/N-ethyl adjacent to an activating group) is 1. The highest BCUT2D eigenvalue weighted by atomic mass is 79.9. The van der Waals surface area contributed by atoms with Gasteiger partial charge < -0.3 is 10.2 Å². The van der Waals surface area contributed by atoms with E-state index in [0.29, 0.717) is 5.54 Å². The first kappa shape index (κ1) is 16.4. The van der Waals surface area contributed by atoms with Crippen molar-refractivity contribution in [2.75, 3.05) is 20.6 Å². The molecule has 0 bridgehead atoms. The van der Waals surface area contributed by atoms with Gasteiger partial charge in [0.2, 0.25) is 0 Å². The van der Waals surface area contributed by atoms with Crippen molar-refractivity contribution >= 4 is 31.9 Å². The van der Waals surface area contributed by atoms with Crippen LogP contribution in [0.1, 0.15) is 37.8 Å². The maximum absolute atomic E-state index is 4.46. The van der Waals surface area contributed by atoms with Crippen LogP contribution in [0.3, 0.4) is 0 Å². The zero-order chi connectivity index (χ0) is 14.6. The fourth-order valence-corrected chi connectivity index (χ4v) is 4.11. The number of nitrogens with one attached hydrogen (secondary N) is 1. The number of pyridine rings is 1. The van der Waals surface area contributed by atoms with E-state index in [1.165, 1.54) is 32.1 Å². The van der Waals surface area contributed by atoms with Crippen molar-refractivity contribution < 1.29 is 0 Å². The maximum Gasteiger partial charge on any atom is 0.0684 e. The number of nitrogens with zero attached hydrogens (tertiary/aromatic N) is 2. The van der Waals surface area contributed by atoms with Gasteiger partial charge in [-0.05, 0) is 64.9 Å². The molecule has 0 aliphatic heterocycles. The number of halogens is 2. The molecule has 0 atom stereocenters. The number of aromatic nitrogens is 1. The molecule has 1 heterocycles. The Labute approximate surface area is 138 Å². The quantitative estimate of drug-likeness (QED) is 0.804. The zero-order valence-corrected chi connectivity index (χ0v) is 15.4. The molecule has 1 fully saturated rings. The molecular formula is C15H23Br2N3. The summed E-state index contributed by atoms with van der Waals surface area (Å²) in [5, 5.41) is 3.60. The molecule has 0 aromatic carbocycles. The van der Waals surface area contributed by atoms with Crippen molar-refractivity contribution in [3.63, 3.8) is 0 Å². The van der Waals surface area contributed by atoms with E-state index in [1.807, 2.05) is 12.3 Å². The highest BCUT2D eigenvalue weighted by molar-refractivity contribution is 9.11. The Hall–Kier alpha value is 0.0300. The van der Waals surface area contributed by atoms with Crippen molar-refractivity contribution in [1.82, 2.24) is 15.2 Å². The summed E-state index contributed by atoms with van der Waals surface area (Å²) in [5.74, 6) is 0. The third-order valence-corrected chi connectivity index (χ3v) is 5.48. The lowest BCUT2D eigenvalue weighted by atomic mass is 9.80. The van der Waals surface area contributed by atoms with Gasteiger partial charge in [0.15, 0.2) is 0 Å². The molecule has 3 nitrogen and oxygen atoms in total. The topological polar surface area (TPSA) is 28.2 Å². The summed E-state index contributed by atoms with van der Waals surface area (Å²) in [5.41, 5.74) is 1.39. The highest BCUT2D eigenvalue weighted by Crippen LogP contribution is 2.31. The van der Waals surface area contributed by atoms with E-state index in [-0.39, 0.29) is 0 Å². The molecule has 112 valence electrons. The Morgan fingerprint density at radius 1 is 1.25 bits per heavy atom. The van der Waals surface area contributed by atoms with Gasteiger partial charge in [-0.2, -0.15) is 0 Å². The lowest BCUT2D eigenvalue weighted by Gasteiger charge is -2.43. The average Bonchev–Trinajstić information content (AvgIpc) is 2.42. The van der Waals surface area contributed by atoms with Gasteiger partial charge in [-0.3, -0.25) is 4.98 Å². The Kier molecular flexibility index (Phi) is 6.02. The summed E-state index contributed by atoms with van der Waals surface area (Å²) >= 11 is 7.01. The van der Waals surface area contributed by atoms with Crippen LogP contribution in [0.15, 0.2) is 21.2 Å². The molecule has 1 N–H and O–H groups in total. The average molecular weight is 405 g/mol. The van der Waals surface area contributed by atoms with Crippen LogP contribution in [-0.2, 0) is 6.54 Å². The summed E-state index contributed by atoms with van der Waals surface area (Å²) in [7, 11) is 4.42. The van der Waals surface area contributed by atoms with Crippen molar-refractivity contribution in [3.05, 3.63) is 26.9 Å². The monoisotopic (exact) mass is 403 g/mol. The number of hydrogen-bond donors (Lipinski definition) is 1. The molecule has 1 aliphatic rings. The first-order valence-electron chi connectivity index (χ1n) is 7.22. The van der Waals surface area contributed by atoms with Crippen molar-refractivity contribution in [3.8, 4) is 0 Å². The molecule has 2 rings (SSSR count). The fourth-order valence-electron chi connectivity index (χ4n) is 2.98. The van der Waals surface area contributed by atoms with Crippen LogP contribution in [-0.4, -0.2) is 36.1 Å². The fraction of sp³-hybridized carbons (Fsp3) is 0.667. The van der Waals surface area contributed by atoms with E-state index < -0.39 is 0 Å². The molecule has 0 spiro atoms. The minimum absolute atomic E-state index is 0.320. The molecule has 1 aliphatic carbocycles. The lowest BCUT2D eigenvalue weighted by Crippen LogP contribution is -2.52. The SMILES string of the molecule is CN(C)C1(CNCc2ncc(Br)cc2Br)CCCCC1. The predicted octanol–water partition coefficient (Wildman–Crippen LogP) is 3.96. The second kappa shape index (κ2) is 7.34. The molecule has 0 saturated heterocycles. The van der Waals surface area contributed by atoms with E-state index >= 15 is 0 Å². The van der Waals surface area contributed by atoms with Gasteiger partial charge in [-0.1, -0.05) is 19.3 Å². The first-order valence-corrected chi connectivity index (χ1v) is 8.80. The second-order valence-corrected chi connectivity index (χ2v) is 7.64. The van der Waals surface area contributed by atoms with Crippen molar-refractivity contribution in [2.24, 2.45) is 0 Å². The summed E-state index contributed by atoms with van der Waals surface area (Å²) < 4.78 is 2.06. The van der Waals surface area contributed by atoms with Gasteiger partial charge in [-0.25, -0.2) is 0 Å². The Bertz CT molecular complexity index is 443. The number of rotatable bonds is 5. The van der Waals surface area contributed by atoms with Gasteiger partial charge in [0, 0.05) is 33.8 Å². The highest BCUT2D eigenvalue weighted by Gasteiger charge is 2.33. The van der Waals surface area contributed by atoms with Crippen molar-refractivity contribution in [1.29, 1.82) is 0 Å². The smallest absolute Gasteiger partial charge is 0.0684 e. The standard InChI is InChI=1S/C15H23Br2N3/c1-20(2)15(6-4-3-5-7-15)11-18-10-14-13(17)8-12(16)9-19-14/h8-9,18H,3-7,10-11H2,1-2H3. The third-order valence-electron chi connectivity index (χ3n) is 4.36. The molecule has 5 heteroatoms. The van der Waals surface area contributed by atoms with E-state index in [9.17, 15) is 0 Å². The van der Waals surface area contributed by atoms with E-state index in [0.717, 1.165) is 27.7 Å². The lowest BCUT2D eigenvalue weighted by molar-refractivity contribution is 0.0983. The minimum Gasteiger partial charge on any atom is -0.309 e. The van der Waals surface area contributed by atoms with Crippen LogP contribution in [0, 0.1) is 0 Å². The van der Waals surface area contributed by atoms with Gasteiger partial charge in [-0.15, -0.1) is 0 Å². The van der Waals surface area contributed by atoms with E-state index in [1.54, 1.807) is 0 Å². The van der Waals surface area contributed by atoms with Gasteiger partial charge >= 0.3 is 0 Å². The second-order valence-electron chi connectivity index (χ2n) is 5.87. The van der Waals surface area contributed by atoms with Gasteiger partial charge in [0.25, 0.3) is 0 Å². The summed E-state index contributed by atoms with van der Waals surface area (Å²) in [4.78, 5) is 6.86. The Morgan fingerprint density at radius 2 is 1.95 bits per heavy atom. The molecule has 1 saturated carbocycles. The first-order chi connectivity index (χ1) is 9.53. The van der Waals surface area contributed by atoms with Gasteiger partial charge in [0.1, 0.15) is 0 Å². The Balaban J connectivity index is 1.93. The number of hydrogen-bond acceptors (Lipinski definition) is 3. The molecule has 1 aromatic heterocycles. The molecule has 0 radical (unpaired) electrons.